The van der Waals surface area contributed by atoms with Gasteiger partial charge in [-0.3, -0.25) is 23.9 Å². The third-order valence-electron chi connectivity index (χ3n) is 9.73. The Morgan fingerprint density at radius 3 is 2.46 bits per heavy atom. The third kappa shape index (κ3) is 7.00. The molecule has 1 aliphatic carbocycles. The molecule has 4 aromatic rings. The molecule has 4 heterocycles. The van der Waals surface area contributed by atoms with Crippen LogP contribution in [-0.2, 0) is 20.9 Å². The number of carbonyl (C=O) groups is 4. The minimum atomic E-state index is -3.06. The number of nitrogens with one attached hydrogen (secondary N) is 2. The zero-order valence-electron chi connectivity index (χ0n) is 28.0. The van der Waals surface area contributed by atoms with Crippen LogP contribution in [0.15, 0.2) is 47.3 Å². The summed E-state index contributed by atoms with van der Waals surface area (Å²) in [5.41, 5.74) is 2.96. The monoisotopic (exact) mass is 750 g/mol. The SMILES string of the molecule is CC(=O)c1nn(CC(=O)N2[C@H](C)[C@@H](CNC(=O)C3CCCC3(F)F)C[C@H]2C(=O)Nc2nc(Br)ccc2C)c2ccc(-c3cnc(C)nc3)cc12. The number of alkyl halides is 2. The first-order chi connectivity index (χ1) is 23.7. The predicted molar refractivity (Wildman–Crippen MR) is 184 cm³/mol. The van der Waals surface area contributed by atoms with E-state index in [4.69, 9.17) is 0 Å². The van der Waals surface area contributed by atoms with Gasteiger partial charge in [-0.1, -0.05) is 12.1 Å². The van der Waals surface area contributed by atoms with Crippen LogP contribution in [0.25, 0.3) is 22.0 Å². The number of pyridine rings is 1. The molecule has 3 amide bonds. The Morgan fingerprint density at radius 2 is 1.78 bits per heavy atom. The van der Waals surface area contributed by atoms with Gasteiger partial charge < -0.3 is 15.5 Å². The number of hydrogen-bond donors (Lipinski definition) is 2. The molecule has 50 heavy (non-hydrogen) atoms. The summed E-state index contributed by atoms with van der Waals surface area (Å²) in [4.78, 5) is 67.9. The second-order valence-electron chi connectivity index (χ2n) is 13.1. The summed E-state index contributed by atoms with van der Waals surface area (Å²) in [5.74, 6) is -5.86. The highest BCUT2D eigenvalue weighted by atomic mass is 79.9. The van der Waals surface area contributed by atoms with Crippen molar-refractivity contribution >= 4 is 56.2 Å². The van der Waals surface area contributed by atoms with Gasteiger partial charge in [0.25, 0.3) is 5.92 Å². The van der Waals surface area contributed by atoms with Gasteiger partial charge in [-0.15, -0.1) is 0 Å². The van der Waals surface area contributed by atoms with E-state index in [0.717, 1.165) is 11.1 Å². The fourth-order valence-corrected chi connectivity index (χ4v) is 7.23. The molecule has 1 aliphatic heterocycles. The molecule has 3 aromatic heterocycles. The lowest BCUT2D eigenvalue weighted by Crippen LogP contribution is -2.48. The maximum absolute atomic E-state index is 14.3. The minimum absolute atomic E-state index is 0.0129. The van der Waals surface area contributed by atoms with Crippen molar-refractivity contribution in [1.29, 1.82) is 0 Å². The van der Waals surface area contributed by atoms with Crippen LogP contribution in [0.5, 0.6) is 0 Å². The summed E-state index contributed by atoms with van der Waals surface area (Å²) < 4.78 is 30.6. The van der Waals surface area contributed by atoms with E-state index in [2.05, 4.69) is 46.6 Å². The van der Waals surface area contributed by atoms with E-state index in [0.29, 0.717) is 32.7 Å². The molecule has 1 saturated carbocycles. The minimum Gasteiger partial charge on any atom is -0.355 e. The van der Waals surface area contributed by atoms with Gasteiger partial charge in [0, 0.05) is 49.3 Å². The van der Waals surface area contributed by atoms with Crippen LogP contribution in [0.1, 0.15) is 61.4 Å². The summed E-state index contributed by atoms with van der Waals surface area (Å²) in [7, 11) is 0. The Balaban J connectivity index is 1.28. The van der Waals surface area contributed by atoms with Gasteiger partial charge in [-0.2, -0.15) is 5.10 Å². The molecular formula is C35H37BrF2N8O4. The smallest absolute Gasteiger partial charge is 0.259 e. The lowest BCUT2D eigenvalue weighted by molar-refractivity contribution is -0.139. The van der Waals surface area contributed by atoms with Gasteiger partial charge in [-0.25, -0.2) is 23.7 Å². The van der Waals surface area contributed by atoms with Gasteiger partial charge in [0.1, 0.15) is 40.4 Å². The van der Waals surface area contributed by atoms with Crippen molar-refractivity contribution in [2.45, 2.75) is 77.9 Å². The zero-order valence-corrected chi connectivity index (χ0v) is 29.6. The number of nitrogens with zero attached hydrogens (tertiary/aromatic N) is 6. The topological polar surface area (TPSA) is 152 Å². The number of aryl methyl sites for hydroxylation is 2. The Morgan fingerprint density at radius 1 is 1.04 bits per heavy atom. The molecule has 1 unspecified atom stereocenters. The van der Waals surface area contributed by atoms with Crippen molar-refractivity contribution in [1.82, 2.24) is 34.9 Å². The zero-order chi connectivity index (χ0) is 35.9. The molecule has 262 valence electrons. The highest BCUT2D eigenvalue weighted by molar-refractivity contribution is 9.10. The molecule has 2 aliphatic rings. The second-order valence-corrected chi connectivity index (χ2v) is 13.9. The number of amides is 3. The van der Waals surface area contributed by atoms with E-state index in [1.165, 1.54) is 16.5 Å². The number of fused-ring (bicyclic) bond motifs is 1. The molecule has 1 saturated heterocycles. The number of benzene rings is 1. The van der Waals surface area contributed by atoms with E-state index < -0.39 is 47.6 Å². The number of rotatable bonds is 9. The van der Waals surface area contributed by atoms with Gasteiger partial charge in [0.05, 0.1) is 5.52 Å². The standard InChI is InChI=1S/C35H37BrF2N8O4/c1-18-7-10-29(36)42-32(18)43-34(50)28-13-23(14-41-33(49)26-6-5-11-35(26,37)38)19(2)46(28)30(48)17-45-27-9-8-22(24-15-39-21(4)40-16-24)12-25(27)31(44-45)20(3)47/h7-10,12,15-16,19,23,26,28H,5-6,11,13-14,17H2,1-4H3,(H,41,49)(H,42,43,50)/t19-,23-,26?,28+/m1/s1. The predicted octanol–water partition coefficient (Wildman–Crippen LogP) is 5.27. The first-order valence-corrected chi connectivity index (χ1v) is 17.2. The van der Waals surface area contributed by atoms with Gasteiger partial charge in [0.2, 0.25) is 17.7 Å². The fourth-order valence-electron chi connectivity index (χ4n) is 6.92. The van der Waals surface area contributed by atoms with Gasteiger partial charge >= 0.3 is 0 Å². The van der Waals surface area contributed by atoms with E-state index in [1.54, 1.807) is 51.4 Å². The number of ketones is 1. The number of carbonyl (C=O) groups excluding carboxylic acids is 4. The molecule has 0 bridgehead atoms. The summed E-state index contributed by atoms with van der Waals surface area (Å²) in [5, 5.41) is 10.6. The Hall–Kier alpha value is -4.66. The van der Waals surface area contributed by atoms with Crippen molar-refractivity contribution < 1.29 is 28.0 Å². The van der Waals surface area contributed by atoms with Crippen molar-refractivity contribution in [3.8, 4) is 11.1 Å². The van der Waals surface area contributed by atoms with Crippen LogP contribution < -0.4 is 10.6 Å². The first-order valence-electron chi connectivity index (χ1n) is 16.4. The highest BCUT2D eigenvalue weighted by Crippen LogP contribution is 2.40. The van der Waals surface area contributed by atoms with E-state index in [1.807, 2.05) is 12.1 Å². The van der Waals surface area contributed by atoms with Gasteiger partial charge in [-0.05, 0) is 91.2 Å². The molecular weight excluding hydrogens is 714 g/mol. The largest absolute Gasteiger partial charge is 0.355 e. The summed E-state index contributed by atoms with van der Waals surface area (Å²) in [6.07, 6.45) is 3.60. The molecule has 0 radical (unpaired) electrons. The molecule has 1 aromatic carbocycles. The normalized spacial score (nSPS) is 21.4. The van der Waals surface area contributed by atoms with Crippen molar-refractivity contribution in [2.75, 3.05) is 11.9 Å². The van der Waals surface area contributed by atoms with Crippen molar-refractivity contribution in [2.24, 2.45) is 11.8 Å². The number of hydrogen-bond acceptors (Lipinski definition) is 8. The summed E-state index contributed by atoms with van der Waals surface area (Å²) in [6, 6.07) is 7.42. The van der Waals surface area contributed by atoms with Crippen LogP contribution in [0.3, 0.4) is 0 Å². The van der Waals surface area contributed by atoms with Crippen molar-refractivity contribution in [3.05, 3.63) is 64.4 Å². The average Bonchev–Trinajstić information content (AvgIpc) is 3.73. The number of anilines is 1. The van der Waals surface area contributed by atoms with Crippen LogP contribution in [0.2, 0.25) is 0 Å². The quantitative estimate of drug-likeness (QED) is 0.174. The average molecular weight is 752 g/mol. The second kappa shape index (κ2) is 13.9. The Bertz CT molecular complexity index is 1990. The molecule has 6 rings (SSSR count). The van der Waals surface area contributed by atoms with E-state index in [9.17, 15) is 28.0 Å². The summed E-state index contributed by atoms with van der Waals surface area (Å²) in [6.45, 7) is 6.47. The molecule has 4 atom stereocenters. The van der Waals surface area contributed by atoms with E-state index >= 15 is 0 Å². The van der Waals surface area contributed by atoms with E-state index in [-0.39, 0.29) is 50.2 Å². The van der Waals surface area contributed by atoms with Crippen LogP contribution in [-0.4, -0.2) is 77.7 Å². The highest BCUT2D eigenvalue weighted by Gasteiger charge is 2.49. The molecule has 12 nitrogen and oxygen atoms in total. The maximum atomic E-state index is 14.3. The number of likely N-dealkylation sites (tertiary alicyclic amines) is 1. The fraction of sp³-hybridized carbons (Fsp3) is 0.429. The summed E-state index contributed by atoms with van der Waals surface area (Å²) >= 11 is 3.32. The van der Waals surface area contributed by atoms with Crippen LogP contribution in [0, 0.1) is 25.7 Å². The Labute approximate surface area is 295 Å². The van der Waals surface area contributed by atoms with Crippen LogP contribution in [0.4, 0.5) is 14.6 Å². The Kier molecular flexibility index (Phi) is 9.80. The number of aromatic nitrogens is 5. The van der Waals surface area contributed by atoms with Crippen LogP contribution >= 0.6 is 15.9 Å². The van der Waals surface area contributed by atoms with Gasteiger partial charge in [0.15, 0.2) is 5.78 Å². The lowest BCUT2D eigenvalue weighted by atomic mass is 9.98. The maximum Gasteiger partial charge on any atom is 0.259 e. The third-order valence-corrected chi connectivity index (χ3v) is 10.2. The van der Waals surface area contributed by atoms with Crippen molar-refractivity contribution in [3.63, 3.8) is 0 Å². The molecule has 0 spiro atoms. The molecule has 2 fully saturated rings. The number of halogens is 3. The molecule has 2 N–H and O–H groups in total. The number of Topliss-reactive ketones (excluding diaryl/α,β-unsaturated/α-hetero) is 1. The lowest BCUT2D eigenvalue weighted by Gasteiger charge is -2.29. The molecule has 15 heteroatoms. The first kappa shape index (κ1) is 35.2.